The molecule has 2 unspecified atom stereocenters. The van der Waals surface area contributed by atoms with Crippen LogP contribution in [-0.2, 0) is 5.41 Å². The maximum atomic E-state index is 11.8. The summed E-state index contributed by atoms with van der Waals surface area (Å²) in [5.74, 6) is 0.267. The predicted octanol–water partition coefficient (Wildman–Crippen LogP) is 2.82. The Kier molecular flexibility index (Phi) is 6.61. The second kappa shape index (κ2) is 7.75. The molecule has 0 aliphatic rings. The molecule has 120 valence electrons. The van der Waals surface area contributed by atoms with Crippen molar-refractivity contribution in [1.82, 2.24) is 15.6 Å². The highest BCUT2D eigenvalue weighted by atomic mass is 32.1. The third-order valence-corrected chi connectivity index (χ3v) is 4.27. The molecule has 6 heteroatoms. The van der Waals surface area contributed by atoms with Gasteiger partial charge in [-0.1, -0.05) is 27.7 Å². The molecule has 2 atom stereocenters. The highest BCUT2D eigenvalue weighted by Crippen LogP contribution is 2.26. The van der Waals surface area contributed by atoms with Crippen LogP contribution in [0.3, 0.4) is 0 Å². The van der Waals surface area contributed by atoms with Gasteiger partial charge < -0.3 is 15.7 Å². The maximum Gasteiger partial charge on any atom is 0.315 e. The highest BCUT2D eigenvalue weighted by molar-refractivity contribution is 7.09. The van der Waals surface area contributed by atoms with Gasteiger partial charge in [-0.25, -0.2) is 9.78 Å². The summed E-state index contributed by atoms with van der Waals surface area (Å²) in [6.07, 6.45) is 0.692. The van der Waals surface area contributed by atoms with Crippen LogP contribution in [0.1, 0.15) is 57.8 Å². The van der Waals surface area contributed by atoms with Crippen LogP contribution in [-0.4, -0.2) is 29.3 Å². The quantitative estimate of drug-likeness (QED) is 0.756. The fourth-order valence-corrected chi connectivity index (χ4v) is 2.78. The number of aliphatic hydroxyl groups is 1. The van der Waals surface area contributed by atoms with Crippen LogP contribution in [0, 0.1) is 5.92 Å². The van der Waals surface area contributed by atoms with E-state index in [0.717, 1.165) is 10.7 Å². The Balaban J connectivity index is 2.47. The first-order valence-corrected chi connectivity index (χ1v) is 8.23. The molecule has 1 aromatic heterocycles. The van der Waals surface area contributed by atoms with E-state index in [4.69, 9.17) is 5.11 Å². The smallest absolute Gasteiger partial charge is 0.315 e. The van der Waals surface area contributed by atoms with E-state index >= 15 is 0 Å². The molecule has 0 aliphatic heterocycles. The number of hydrogen-bond donors (Lipinski definition) is 3. The lowest BCUT2D eigenvalue weighted by molar-refractivity contribution is 0.231. The van der Waals surface area contributed by atoms with Crippen LogP contribution in [0.5, 0.6) is 0 Å². The van der Waals surface area contributed by atoms with Gasteiger partial charge in [-0.05, 0) is 19.3 Å². The number of nitrogens with zero attached hydrogens (tertiary/aromatic N) is 1. The third-order valence-electron chi connectivity index (χ3n) is 3.24. The Morgan fingerprint density at radius 3 is 2.62 bits per heavy atom. The Morgan fingerprint density at radius 2 is 2.10 bits per heavy atom. The van der Waals surface area contributed by atoms with Gasteiger partial charge in [-0.2, -0.15) is 0 Å². The summed E-state index contributed by atoms with van der Waals surface area (Å²) in [5, 5.41) is 17.5. The second-order valence-corrected chi connectivity index (χ2v) is 7.40. The molecule has 3 N–H and O–H groups in total. The van der Waals surface area contributed by atoms with Crippen molar-refractivity contribution in [3.05, 3.63) is 16.1 Å². The number of aromatic nitrogens is 1. The molecular formula is C15H27N3O2S. The number of hydrogen-bond acceptors (Lipinski definition) is 4. The average Bonchev–Trinajstić information content (AvgIpc) is 2.86. The normalized spacial score (nSPS) is 14.6. The summed E-state index contributed by atoms with van der Waals surface area (Å²) < 4.78 is 0. The molecule has 0 fully saturated rings. The van der Waals surface area contributed by atoms with E-state index in [-0.39, 0.29) is 30.0 Å². The molecule has 0 saturated heterocycles. The van der Waals surface area contributed by atoms with E-state index in [1.165, 1.54) is 0 Å². The van der Waals surface area contributed by atoms with Crippen molar-refractivity contribution < 1.29 is 9.90 Å². The zero-order chi connectivity index (χ0) is 16.0. The Labute approximate surface area is 131 Å². The number of carbonyl (C=O) groups excluding carboxylic acids is 1. The Hall–Kier alpha value is -1.14. The maximum absolute atomic E-state index is 11.8. The SMILES string of the molecule is CC(CCO)CNC(=O)NC(C)c1nc(C(C)(C)C)cs1. The van der Waals surface area contributed by atoms with Crippen molar-refractivity contribution >= 4 is 17.4 Å². The largest absolute Gasteiger partial charge is 0.396 e. The lowest BCUT2D eigenvalue weighted by Gasteiger charge is -2.16. The van der Waals surface area contributed by atoms with E-state index < -0.39 is 0 Å². The first-order chi connectivity index (χ1) is 9.74. The molecule has 0 saturated carbocycles. The van der Waals surface area contributed by atoms with Gasteiger partial charge in [0.1, 0.15) is 5.01 Å². The summed E-state index contributed by atoms with van der Waals surface area (Å²) in [5.41, 5.74) is 1.07. The molecule has 0 aliphatic carbocycles. The van der Waals surface area contributed by atoms with Crippen LogP contribution in [0.15, 0.2) is 5.38 Å². The van der Waals surface area contributed by atoms with E-state index in [0.29, 0.717) is 13.0 Å². The van der Waals surface area contributed by atoms with Crippen LogP contribution >= 0.6 is 11.3 Å². The first-order valence-electron chi connectivity index (χ1n) is 7.35. The number of aliphatic hydroxyl groups excluding tert-OH is 1. The topological polar surface area (TPSA) is 74.2 Å². The van der Waals surface area contributed by atoms with Crippen LogP contribution in [0.25, 0.3) is 0 Å². The number of thiazole rings is 1. The second-order valence-electron chi connectivity index (χ2n) is 6.51. The van der Waals surface area contributed by atoms with Gasteiger partial charge in [0.15, 0.2) is 0 Å². The molecule has 1 rings (SSSR count). The zero-order valence-corrected chi connectivity index (χ0v) is 14.4. The summed E-state index contributed by atoms with van der Waals surface area (Å²) in [7, 11) is 0. The molecule has 21 heavy (non-hydrogen) atoms. The van der Waals surface area contributed by atoms with Gasteiger partial charge in [-0.15, -0.1) is 11.3 Å². The van der Waals surface area contributed by atoms with Crippen molar-refractivity contribution in [1.29, 1.82) is 0 Å². The van der Waals surface area contributed by atoms with Crippen LogP contribution < -0.4 is 10.6 Å². The molecule has 0 radical (unpaired) electrons. The van der Waals surface area contributed by atoms with Gasteiger partial charge in [0, 0.05) is 23.9 Å². The lowest BCUT2D eigenvalue weighted by atomic mass is 9.93. The van der Waals surface area contributed by atoms with Gasteiger partial charge in [-0.3, -0.25) is 0 Å². The molecule has 0 bridgehead atoms. The Bertz CT molecular complexity index is 454. The highest BCUT2D eigenvalue weighted by Gasteiger charge is 2.20. The summed E-state index contributed by atoms with van der Waals surface area (Å²) >= 11 is 1.57. The Morgan fingerprint density at radius 1 is 1.43 bits per heavy atom. The number of amides is 2. The summed E-state index contributed by atoms with van der Waals surface area (Å²) in [6.45, 7) is 11.0. The molecule has 1 heterocycles. The fraction of sp³-hybridized carbons (Fsp3) is 0.733. The van der Waals surface area contributed by atoms with Gasteiger partial charge in [0.25, 0.3) is 0 Å². The van der Waals surface area contributed by atoms with E-state index in [1.807, 2.05) is 13.8 Å². The monoisotopic (exact) mass is 313 g/mol. The average molecular weight is 313 g/mol. The van der Waals surface area contributed by atoms with Crippen molar-refractivity contribution in [2.24, 2.45) is 5.92 Å². The lowest BCUT2D eigenvalue weighted by Crippen LogP contribution is -2.39. The van der Waals surface area contributed by atoms with Gasteiger partial charge >= 0.3 is 6.03 Å². The van der Waals surface area contributed by atoms with Gasteiger partial charge in [0.05, 0.1) is 11.7 Å². The van der Waals surface area contributed by atoms with Crippen molar-refractivity contribution in [2.45, 2.75) is 52.5 Å². The minimum atomic E-state index is -0.195. The number of nitrogens with one attached hydrogen (secondary N) is 2. The molecule has 0 aromatic carbocycles. The molecule has 1 aromatic rings. The van der Waals surface area contributed by atoms with E-state index in [1.54, 1.807) is 11.3 Å². The van der Waals surface area contributed by atoms with E-state index in [9.17, 15) is 4.79 Å². The number of carbonyl (C=O) groups is 1. The fourth-order valence-electron chi connectivity index (χ4n) is 1.73. The standard InChI is InChI=1S/C15H27N3O2S/c1-10(6-7-19)8-16-14(20)17-11(2)13-18-12(9-21-13)15(3,4)5/h9-11,19H,6-8H2,1-5H3,(H2,16,17,20). The minimum Gasteiger partial charge on any atom is -0.396 e. The van der Waals surface area contributed by atoms with Crippen LogP contribution in [0.2, 0.25) is 0 Å². The van der Waals surface area contributed by atoms with Gasteiger partial charge in [0.2, 0.25) is 0 Å². The first kappa shape index (κ1) is 17.9. The van der Waals surface area contributed by atoms with Crippen molar-refractivity contribution in [2.75, 3.05) is 13.2 Å². The number of urea groups is 1. The summed E-state index contributed by atoms with van der Waals surface area (Å²) in [6, 6.07) is -0.306. The molecular weight excluding hydrogens is 286 g/mol. The molecule has 2 amide bonds. The minimum absolute atomic E-state index is 0.0243. The zero-order valence-electron chi connectivity index (χ0n) is 13.6. The predicted molar refractivity (Wildman–Crippen MR) is 86.6 cm³/mol. The van der Waals surface area contributed by atoms with Crippen molar-refractivity contribution in [3.63, 3.8) is 0 Å². The third kappa shape index (κ3) is 6.01. The van der Waals surface area contributed by atoms with Crippen molar-refractivity contribution in [3.8, 4) is 0 Å². The summed E-state index contributed by atoms with van der Waals surface area (Å²) in [4.78, 5) is 16.4. The van der Waals surface area contributed by atoms with Crippen LogP contribution in [0.4, 0.5) is 4.79 Å². The molecule has 0 spiro atoms. The number of rotatable bonds is 6. The molecule has 5 nitrogen and oxygen atoms in total. The van der Waals surface area contributed by atoms with E-state index in [2.05, 4.69) is 41.8 Å².